The Morgan fingerprint density at radius 2 is 2.32 bits per heavy atom. The first-order valence-corrected chi connectivity index (χ1v) is 8.39. The van der Waals surface area contributed by atoms with Crippen molar-refractivity contribution in [2.24, 2.45) is 0 Å². The summed E-state index contributed by atoms with van der Waals surface area (Å²) in [6.07, 6.45) is 1.77. The number of pyridine rings is 1. The summed E-state index contributed by atoms with van der Waals surface area (Å²) in [4.78, 5) is 6.34. The molecule has 0 amide bonds. The quantitative estimate of drug-likeness (QED) is 0.905. The summed E-state index contributed by atoms with van der Waals surface area (Å²) in [7, 11) is -1.06. The Balaban J connectivity index is 2.23. The first-order valence-electron chi connectivity index (χ1n) is 6.19. The van der Waals surface area contributed by atoms with Crippen molar-refractivity contribution in [1.82, 2.24) is 10.3 Å². The molecular weight excluding hydrogens is 286 g/mol. The van der Waals surface area contributed by atoms with Gasteiger partial charge < -0.3 is 10.2 Å². The minimum absolute atomic E-state index is 0.0982. The fourth-order valence-electron chi connectivity index (χ4n) is 2.30. The SMILES string of the molecule is CNCc1cnc(N2CCS(=O)(=O)CC2C)c(Cl)c1. The second-order valence-corrected chi connectivity index (χ2v) is 7.47. The van der Waals surface area contributed by atoms with Crippen LogP contribution in [0.25, 0.3) is 0 Å². The largest absolute Gasteiger partial charge is 0.351 e. The van der Waals surface area contributed by atoms with Gasteiger partial charge in [0, 0.05) is 25.3 Å². The lowest BCUT2D eigenvalue weighted by molar-refractivity contribution is 0.567. The van der Waals surface area contributed by atoms with Gasteiger partial charge in [0.25, 0.3) is 0 Å². The molecule has 2 heterocycles. The van der Waals surface area contributed by atoms with Crippen LogP contribution in [0.4, 0.5) is 5.82 Å². The smallest absolute Gasteiger partial charge is 0.154 e. The Kier molecular flexibility index (Phi) is 4.32. The highest BCUT2D eigenvalue weighted by atomic mass is 35.5. The molecule has 1 aliphatic rings. The van der Waals surface area contributed by atoms with E-state index in [1.165, 1.54) is 0 Å². The van der Waals surface area contributed by atoms with Crippen LogP contribution in [-0.2, 0) is 16.4 Å². The third kappa shape index (κ3) is 3.38. The third-order valence-electron chi connectivity index (χ3n) is 3.20. The minimum Gasteiger partial charge on any atom is -0.351 e. The molecular formula is C12H18ClN3O2S. The number of hydrogen-bond donors (Lipinski definition) is 1. The zero-order valence-electron chi connectivity index (χ0n) is 11.1. The minimum atomic E-state index is -2.93. The van der Waals surface area contributed by atoms with E-state index in [0.29, 0.717) is 23.9 Å². The molecule has 7 heteroatoms. The van der Waals surface area contributed by atoms with Crippen LogP contribution >= 0.6 is 11.6 Å². The molecule has 1 aliphatic heterocycles. The Bertz CT molecular complexity index is 562. The van der Waals surface area contributed by atoms with Crippen molar-refractivity contribution in [2.45, 2.75) is 19.5 Å². The molecule has 1 aromatic rings. The summed E-state index contributed by atoms with van der Waals surface area (Å²) in [6, 6.07) is 1.77. The summed E-state index contributed by atoms with van der Waals surface area (Å²) >= 11 is 6.25. The van der Waals surface area contributed by atoms with Gasteiger partial charge in [0.15, 0.2) is 9.84 Å². The second kappa shape index (κ2) is 5.64. The molecule has 0 spiro atoms. The Morgan fingerprint density at radius 3 is 2.89 bits per heavy atom. The number of aromatic nitrogens is 1. The molecule has 1 unspecified atom stereocenters. The second-order valence-electron chi connectivity index (χ2n) is 4.84. The molecule has 0 bridgehead atoms. The maximum Gasteiger partial charge on any atom is 0.154 e. The van der Waals surface area contributed by atoms with E-state index in [0.717, 1.165) is 5.56 Å². The third-order valence-corrected chi connectivity index (χ3v) is 5.27. The van der Waals surface area contributed by atoms with E-state index in [1.54, 1.807) is 6.20 Å². The van der Waals surface area contributed by atoms with Crippen molar-refractivity contribution in [2.75, 3.05) is 30.0 Å². The molecule has 1 aromatic heterocycles. The molecule has 5 nitrogen and oxygen atoms in total. The molecule has 1 fully saturated rings. The molecule has 0 radical (unpaired) electrons. The number of halogens is 1. The molecule has 1 N–H and O–H groups in total. The zero-order chi connectivity index (χ0) is 14.0. The van der Waals surface area contributed by atoms with Crippen molar-refractivity contribution in [3.8, 4) is 0 Å². The topological polar surface area (TPSA) is 62.3 Å². The van der Waals surface area contributed by atoms with E-state index in [9.17, 15) is 8.42 Å². The lowest BCUT2D eigenvalue weighted by Crippen LogP contribution is -2.47. The highest BCUT2D eigenvalue weighted by Gasteiger charge is 2.29. The van der Waals surface area contributed by atoms with Crippen LogP contribution in [0.2, 0.25) is 5.02 Å². The Hall–Kier alpha value is -0.850. The van der Waals surface area contributed by atoms with Crippen LogP contribution in [0.5, 0.6) is 0 Å². The van der Waals surface area contributed by atoms with Crippen LogP contribution in [0, 0.1) is 0 Å². The summed E-state index contributed by atoms with van der Waals surface area (Å²) in [5, 5.41) is 3.61. The van der Waals surface area contributed by atoms with Crippen LogP contribution < -0.4 is 10.2 Å². The van der Waals surface area contributed by atoms with Crippen molar-refractivity contribution in [1.29, 1.82) is 0 Å². The van der Waals surface area contributed by atoms with Crippen LogP contribution in [-0.4, -0.2) is 44.5 Å². The maximum absolute atomic E-state index is 11.6. The van der Waals surface area contributed by atoms with Gasteiger partial charge in [-0.3, -0.25) is 0 Å². The van der Waals surface area contributed by atoms with Gasteiger partial charge in [-0.05, 0) is 25.6 Å². The lowest BCUT2D eigenvalue weighted by atomic mass is 10.2. The van der Waals surface area contributed by atoms with Gasteiger partial charge in [0.2, 0.25) is 0 Å². The van der Waals surface area contributed by atoms with E-state index in [2.05, 4.69) is 10.3 Å². The van der Waals surface area contributed by atoms with Gasteiger partial charge in [0.05, 0.1) is 16.5 Å². The van der Waals surface area contributed by atoms with Crippen molar-refractivity contribution in [3.05, 3.63) is 22.8 Å². The summed E-state index contributed by atoms with van der Waals surface area (Å²) in [5.74, 6) is 0.987. The molecule has 0 saturated carbocycles. The van der Waals surface area contributed by atoms with Gasteiger partial charge in [-0.2, -0.15) is 0 Å². The van der Waals surface area contributed by atoms with Crippen molar-refractivity contribution >= 4 is 27.3 Å². The van der Waals surface area contributed by atoms with Gasteiger partial charge in [-0.1, -0.05) is 11.6 Å². The number of anilines is 1. The van der Waals surface area contributed by atoms with Crippen LogP contribution in [0.3, 0.4) is 0 Å². The zero-order valence-corrected chi connectivity index (χ0v) is 12.6. The lowest BCUT2D eigenvalue weighted by Gasteiger charge is -2.34. The normalized spacial score (nSPS) is 22.5. The predicted molar refractivity (Wildman–Crippen MR) is 77.5 cm³/mol. The molecule has 2 rings (SSSR count). The van der Waals surface area contributed by atoms with Crippen molar-refractivity contribution in [3.63, 3.8) is 0 Å². The first kappa shape index (κ1) is 14.6. The van der Waals surface area contributed by atoms with E-state index in [1.807, 2.05) is 24.9 Å². The maximum atomic E-state index is 11.6. The highest BCUT2D eigenvalue weighted by Crippen LogP contribution is 2.27. The molecule has 1 saturated heterocycles. The van der Waals surface area contributed by atoms with E-state index in [-0.39, 0.29) is 17.5 Å². The predicted octanol–water partition coefficient (Wildman–Crippen LogP) is 1.08. The molecule has 1 atom stereocenters. The fraction of sp³-hybridized carbons (Fsp3) is 0.583. The average Bonchev–Trinajstić information content (AvgIpc) is 2.30. The van der Waals surface area contributed by atoms with Crippen LogP contribution in [0.1, 0.15) is 12.5 Å². The van der Waals surface area contributed by atoms with Crippen LogP contribution in [0.15, 0.2) is 12.3 Å². The number of nitrogens with zero attached hydrogens (tertiary/aromatic N) is 2. The first-order chi connectivity index (χ1) is 8.93. The van der Waals surface area contributed by atoms with Gasteiger partial charge in [-0.25, -0.2) is 13.4 Å². The fourth-order valence-corrected chi connectivity index (χ4v) is 4.15. The molecule has 0 aliphatic carbocycles. The average molecular weight is 304 g/mol. The Labute approximate surface area is 118 Å². The van der Waals surface area contributed by atoms with Gasteiger partial charge in [-0.15, -0.1) is 0 Å². The summed E-state index contributed by atoms with van der Waals surface area (Å²) < 4.78 is 23.1. The number of sulfone groups is 1. The summed E-state index contributed by atoms with van der Waals surface area (Å²) in [5.41, 5.74) is 1.01. The van der Waals surface area contributed by atoms with Gasteiger partial charge >= 0.3 is 0 Å². The molecule has 19 heavy (non-hydrogen) atoms. The van der Waals surface area contributed by atoms with E-state index >= 15 is 0 Å². The molecule has 0 aromatic carbocycles. The van der Waals surface area contributed by atoms with Gasteiger partial charge in [0.1, 0.15) is 5.82 Å². The monoisotopic (exact) mass is 303 g/mol. The highest BCUT2D eigenvalue weighted by molar-refractivity contribution is 7.91. The molecule has 106 valence electrons. The standard InChI is InChI=1S/C12H18ClN3O2S/c1-9-8-19(17,18)4-3-16(9)12-11(13)5-10(6-14-2)7-15-12/h5,7,9,14H,3-4,6,8H2,1-2H3. The number of hydrogen-bond acceptors (Lipinski definition) is 5. The Morgan fingerprint density at radius 1 is 1.58 bits per heavy atom. The number of nitrogens with one attached hydrogen (secondary N) is 1. The van der Waals surface area contributed by atoms with E-state index in [4.69, 9.17) is 11.6 Å². The van der Waals surface area contributed by atoms with Crippen molar-refractivity contribution < 1.29 is 8.42 Å². The summed E-state index contributed by atoms with van der Waals surface area (Å²) in [6.45, 7) is 3.04. The van der Waals surface area contributed by atoms with E-state index < -0.39 is 9.84 Å². The number of rotatable bonds is 3.